The first-order valence-corrected chi connectivity index (χ1v) is 6.56. The van der Waals surface area contributed by atoms with E-state index in [-0.39, 0.29) is 12.3 Å². The molecule has 0 radical (unpaired) electrons. The predicted octanol–water partition coefficient (Wildman–Crippen LogP) is 1.09. The highest BCUT2D eigenvalue weighted by molar-refractivity contribution is 5.97. The summed E-state index contributed by atoms with van der Waals surface area (Å²) >= 11 is 0. The highest BCUT2D eigenvalue weighted by Gasteiger charge is 2.33. The first-order chi connectivity index (χ1) is 9.92. The first kappa shape index (κ1) is 16.9. The molecule has 1 atom stereocenters. The average Bonchev–Trinajstić information content (AvgIpc) is 2.47. The van der Waals surface area contributed by atoms with Crippen LogP contribution in [-0.2, 0) is 9.53 Å². The molecule has 1 aromatic rings. The normalized spacial score (nSPS) is 13.3. The number of nitrogens with one attached hydrogen (secondary N) is 1. The van der Waals surface area contributed by atoms with Gasteiger partial charge in [-0.25, -0.2) is 9.78 Å². The molecule has 116 valence electrons. The maximum atomic E-state index is 12.1. The molecule has 2 N–H and O–H groups in total. The summed E-state index contributed by atoms with van der Waals surface area (Å²) in [6.45, 7) is 3.88. The Bertz CT molecular complexity index is 506. The number of ether oxygens (including phenoxy) is 2. The number of aliphatic carboxylic acids is 1. The molecule has 1 rings (SSSR count). The van der Waals surface area contributed by atoms with Crippen LogP contribution in [0.15, 0.2) is 18.3 Å². The number of carboxylic acid groups (broad SMARTS) is 1. The number of nitrogens with zero attached hydrogens (tertiary/aromatic N) is 1. The van der Waals surface area contributed by atoms with Crippen molar-refractivity contribution in [1.29, 1.82) is 0 Å². The number of rotatable bonds is 8. The molecule has 0 aliphatic heterocycles. The molecule has 21 heavy (non-hydrogen) atoms. The third kappa shape index (κ3) is 4.71. The van der Waals surface area contributed by atoms with E-state index in [0.29, 0.717) is 18.8 Å². The maximum absolute atomic E-state index is 12.1. The smallest absolute Gasteiger partial charge is 0.329 e. The lowest BCUT2D eigenvalue weighted by Crippen LogP contribution is -2.51. The van der Waals surface area contributed by atoms with Gasteiger partial charge in [-0.3, -0.25) is 4.79 Å². The van der Waals surface area contributed by atoms with Gasteiger partial charge in [0.25, 0.3) is 5.91 Å². The summed E-state index contributed by atoms with van der Waals surface area (Å²) in [6, 6.07) is 2.96. The number of hydrogen-bond donors (Lipinski definition) is 2. The van der Waals surface area contributed by atoms with Gasteiger partial charge >= 0.3 is 5.97 Å². The molecule has 1 heterocycles. The summed E-state index contributed by atoms with van der Waals surface area (Å²) in [5.74, 6) is -1.28. The van der Waals surface area contributed by atoms with Crippen LogP contribution in [-0.4, -0.2) is 47.8 Å². The van der Waals surface area contributed by atoms with Crippen LogP contribution < -0.4 is 10.1 Å². The molecule has 0 aromatic carbocycles. The Kier molecular flexibility index (Phi) is 6.10. The van der Waals surface area contributed by atoms with E-state index >= 15 is 0 Å². The van der Waals surface area contributed by atoms with E-state index in [2.05, 4.69) is 10.3 Å². The number of amides is 1. The Balaban J connectivity index is 2.78. The molecule has 0 saturated heterocycles. The average molecular weight is 296 g/mol. The van der Waals surface area contributed by atoms with Crippen molar-refractivity contribution in [3.05, 3.63) is 23.9 Å². The second-order valence-corrected chi connectivity index (χ2v) is 4.67. The number of carbonyl (C=O) groups excluding carboxylic acids is 1. The lowest BCUT2D eigenvalue weighted by atomic mass is 9.98. The molecule has 0 aliphatic carbocycles. The fourth-order valence-corrected chi connectivity index (χ4v) is 1.47. The minimum absolute atomic E-state index is 0.274. The summed E-state index contributed by atoms with van der Waals surface area (Å²) in [6.07, 6.45) is 1.71. The number of hydrogen-bond acceptors (Lipinski definition) is 5. The molecule has 1 unspecified atom stereocenters. The standard InChI is InChI=1S/C14H20N2O5/c1-4-14(2,13(18)19)16-12(17)10-5-6-15-11(9-10)21-8-7-20-3/h5-6,9H,4,7-8H2,1-3H3,(H,16,17)(H,18,19). The maximum Gasteiger partial charge on any atom is 0.329 e. The Labute approximate surface area is 123 Å². The molecule has 0 aliphatic rings. The summed E-state index contributed by atoms with van der Waals surface area (Å²) < 4.78 is 10.2. The zero-order chi connectivity index (χ0) is 15.9. The van der Waals surface area contributed by atoms with Crippen molar-refractivity contribution in [1.82, 2.24) is 10.3 Å². The van der Waals surface area contributed by atoms with Crippen LogP contribution in [0.1, 0.15) is 30.6 Å². The molecule has 0 saturated carbocycles. The topological polar surface area (TPSA) is 97.8 Å². The quantitative estimate of drug-likeness (QED) is 0.697. The molecule has 0 fully saturated rings. The molecule has 0 spiro atoms. The fourth-order valence-electron chi connectivity index (χ4n) is 1.47. The first-order valence-electron chi connectivity index (χ1n) is 6.56. The van der Waals surface area contributed by atoms with Gasteiger partial charge in [0.05, 0.1) is 6.61 Å². The van der Waals surface area contributed by atoms with E-state index in [1.165, 1.54) is 25.3 Å². The van der Waals surface area contributed by atoms with Gasteiger partial charge in [-0.15, -0.1) is 0 Å². The number of aromatic nitrogens is 1. The Morgan fingerprint density at radius 1 is 1.43 bits per heavy atom. The van der Waals surface area contributed by atoms with Crippen LogP contribution in [0, 0.1) is 0 Å². The molecule has 1 aromatic heterocycles. The van der Waals surface area contributed by atoms with E-state index in [4.69, 9.17) is 14.6 Å². The molecular formula is C14H20N2O5. The number of carboxylic acids is 1. The third-order valence-corrected chi connectivity index (χ3v) is 3.10. The predicted molar refractivity (Wildman–Crippen MR) is 75.4 cm³/mol. The summed E-state index contributed by atoms with van der Waals surface area (Å²) in [5.41, 5.74) is -1.02. The molecule has 7 nitrogen and oxygen atoms in total. The van der Waals surface area contributed by atoms with E-state index in [1.807, 2.05) is 0 Å². The van der Waals surface area contributed by atoms with Gasteiger partial charge in [0.1, 0.15) is 12.1 Å². The Morgan fingerprint density at radius 3 is 2.71 bits per heavy atom. The highest BCUT2D eigenvalue weighted by Crippen LogP contribution is 2.13. The van der Waals surface area contributed by atoms with Crippen molar-refractivity contribution in [2.24, 2.45) is 0 Å². The lowest BCUT2D eigenvalue weighted by Gasteiger charge is -2.24. The Hall–Kier alpha value is -2.15. The number of methoxy groups -OCH3 is 1. The van der Waals surface area contributed by atoms with Crippen LogP contribution in [0.3, 0.4) is 0 Å². The number of pyridine rings is 1. The van der Waals surface area contributed by atoms with Gasteiger partial charge in [-0.1, -0.05) is 6.92 Å². The van der Waals surface area contributed by atoms with Crippen molar-refractivity contribution in [3.8, 4) is 5.88 Å². The van der Waals surface area contributed by atoms with Gasteiger partial charge in [0.2, 0.25) is 5.88 Å². The van der Waals surface area contributed by atoms with E-state index in [9.17, 15) is 9.59 Å². The Morgan fingerprint density at radius 2 is 2.14 bits per heavy atom. The minimum Gasteiger partial charge on any atom is -0.480 e. The second-order valence-electron chi connectivity index (χ2n) is 4.67. The highest BCUT2D eigenvalue weighted by atomic mass is 16.5. The van der Waals surface area contributed by atoms with Crippen LogP contribution in [0.5, 0.6) is 5.88 Å². The second kappa shape index (κ2) is 7.58. The molecule has 0 bridgehead atoms. The summed E-state index contributed by atoms with van der Waals surface area (Å²) in [7, 11) is 1.55. The zero-order valence-electron chi connectivity index (χ0n) is 12.4. The minimum atomic E-state index is -1.31. The van der Waals surface area contributed by atoms with Crippen LogP contribution in [0.4, 0.5) is 0 Å². The van der Waals surface area contributed by atoms with Crippen molar-refractivity contribution < 1.29 is 24.2 Å². The van der Waals surface area contributed by atoms with Gasteiger partial charge < -0.3 is 19.9 Å². The fraction of sp³-hybridized carbons (Fsp3) is 0.500. The third-order valence-electron chi connectivity index (χ3n) is 3.10. The molecular weight excluding hydrogens is 276 g/mol. The largest absolute Gasteiger partial charge is 0.480 e. The van der Waals surface area contributed by atoms with Crippen molar-refractivity contribution >= 4 is 11.9 Å². The number of carbonyl (C=O) groups is 2. The van der Waals surface area contributed by atoms with Crippen molar-refractivity contribution in [2.45, 2.75) is 25.8 Å². The van der Waals surface area contributed by atoms with Crippen molar-refractivity contribution in [3.63, 3.8) is 0 Å². The summed E-state index contributed by atoms with van der Waals surface area (Å²) in [4.78, 5) is 27.3. The lowest BCUT2D eigenvalue weighted by molar-refractivity contribution is -0.143. The van der Waals surface area contributed by atoms with Gasteiger partial charge in [-0.2, -0.15) is 0 Å². The van der Waals surface area contributed by atoms with Crippen LogP contribution in [0.25, 0.3) is 0 Å². The van der Waals surface area contributed by atoms with Crippen LogP contribution in [0.2, 0.25) is 0 Å². The van der Waals surface area contributed by atoms with Crippen molar-refractivity contribution in [2.75, 3.05) is 20.3 Å². The monoisotopic (exact) mass is 296 g/mol. The van der Waals surface area contributed by atoms with E-state index in [0.717, 1.165) is 0 Å². The zero-order valence-corrected chi connectivity index (χ0v) is 12.4. The van der Waals surface area contributed by atoms with Gasteiger partial charge in [-0.05, 0) is 19.4 Å². The van der Waals surface area contributed by atoms with Gasteiger partial charge in [0.15, 0.2) is 0 Å². The summed E-state index contributed by atoms with van der Waals surface area (Å²) in [5, 5.41) is 11.7. The van der Waals surface area contributed by atoms with Crippen LogP contribution >= 0.6 is 0 Å². The van der Waals surface area contributed by atoms with E-state index in [1.54, 1.807) is 14.0 Å². The molecule has 1 amide bonds. The van der Waals surface area contributed by atoms with Gasteiger partial charge in [0, 0.05) is 24.9 Å². The SMILES string of the molecule is CCC(C)(NC(=O)c1ccnc(OCCOC)c1)C(=O)O. The molecule has 7 heteroatoms. The van der Waals surface area contributed by atoms with E-state index < -0.39 is 17.4 Å².